The number of esters is 1. The normalized spacial score (nSPS) is 15.5. The summed E-state index contributed by atoms with van der Waals surface area (Å²) in [5, 5.41) is 9.75. The molecule has 0 amide bonds. The molecule has 1 fully saturated rings. The molecule has 0 N–H and O–H groups in total. The second kappa shape index (κ2) is 12.5. The van der Waals surface area contributed by atoms with Gasteiger partial charge in [-0.1, -0.05) is 41.9 Å². The van der Waals surface area contributed by atoms with E-state index in [1.54, 1.807) is 24.3 Å². The third kappa shape index (κ3) is 6.78. The lowest BCUT2D eigenvalue weighted by Gasteiger charge is -2.36. The average Bonchev–Trinajstić information content (AvgIpc) is 2.96. The van der Waals surface area contributed by atoms with Crippen LogP contribution in [0.25, 0.3) is 0 Å². The van der Waals surface area contributed by atoms with E-state index in [4.69, 9.17) is 26.3 Å². The van der Waals surface area contributed by atoms with Gasteiger partial charge in [-0.15, -0.1) is 0 Å². The highest BCUT2D eigenvalue weighted by atomic mass is 35.5. The molecule has 0 saturated carbocycles. The smallest absolute Gasteiger partial charge is 0.337 e. The van der Waals surface area contributed by atoms with Crippen molar-refractivity contribution in [3.05, 3.63) is 100 Å². The maximum Gasteiger partial charge on any atom is 0.337 e. The Hall–Kier alpha value is -3.26. The number of ether oxygens (including phenoxy) is 2. The quantitative estimate of drug-likeness (QED) is 0.365. The summed E-state index contributed by atoms with van der Waals surface area (Å²) < 4.78 is 38.7. The van der Waals surface area contributed by atoms with E-state index in [0.717, 1.165) is 11.1 Å². The first-order chi connectivity index (χ1) is 18.3. The van der Waals surface area contributed by atoms with Crippen molar-refractivity contribution in [2.45, 2.75) is 17.6 Å². The Kier molecular flexibility index (Phi) is 9.15. The number of methoxy groups -OCH3 is 1. The summed E-state index contributed by atoms with van der Waals surface area (Å²) in [6, 6.07) is 22.6. The summed E-state index contributed by atoms with van der Waals surface area (Å²) in [6.45, 7) is 2.65. The Labute approximate surface area is 228 Å². The summed E-state index contributed by atoms with van der Waals surface area (Å²) in [7, 11) is -2.34. The number of nitriles is 1. The van der Waals surface area contributed by atoms with Crippen LogP contribution in [0.15, 0.2) is 77.7 Å². The topological polar surface area (TPSA) is 99.9 Å². The molecule has 3 aromatic carbocycles. The fraction of sp³-hybridized carbons (Fsp3) is 0.286. The Morgan fingerprint density at radius 1 is 1.03 bits per heavy atom. The monoisotopic (exact) mass is 553 g/mol. The summed E-state index contributed by atoms with van der Waals surface area (Å²) in [5.74, 6) is -0.393. The number of rotatable bonds is 9. The third-order valence-electron chi connectivity index (χ3n) is 6.42. The van der Waals surface area contributed by atoms with E-state index < -0.39 is 16.0 Å². The molecule has 1 saturated heterocycles. The van der Waals surface area contributed by atoms with Crippen LogP contribution in [0.1, 0.15) is 33.2 Å². The largest absolute Gasteiger partial charge is 0.465 e. The summed E-state index contributed by atoms with van der Waals surface area (Å²) in [6.07, 6.45) is -0.275. The molecule has 0 radical (unpaired) electrons. The van der Waals surface area contributed by atoms with Gasteiger partial charge in [0.15, 0.2) is 0 Å². The number of hydrogen-bond donors (Lipinski definition) is 0. The minimum atomic E-state index is -3.68. The van der Waals surface area contributed by atoms with Crippen molar-refractivity contribution >= 4 is 27.6 Å². The second-order valence-corrected chi connectivity index (χ2v) is 11.3. The van der Waals surface area contributed by atoms with Crippen LogP contribution in [-0.2, 0) is 26.1 Å². The fourth-order valence-corrected chi connectivity index (χ4v) is 5.84. The first-order valence-electron chi connectivity index (χ1n) is 12.1. The number of carbonyl (C=O) groups is 1. The minimum Gasteiger partial charge on any atom is -0.465 e. The number of carbonyl (C=O) groups excluding carboxylic acids is 1. The van der Waals surface area contributed by atoms with Gasteiger partial charge in [-0.2, -0.15) is 9.57 Å². The molecule has 198 valence electrons. The fourth-order valence-electron chi connectivity index (χ4n) is 4.25. The Morgan fingerprint density at radius 2 is 1.71 bits per heavy atom. The van der Waals surface area contributed by atoms with Crippen molar-refractivity contribution in [2.75, 3.05) is 39.8 Å². The van der Waals surface area contributed by atoms with E-state index in [9.17, 15) is 13.2 Å². The molecule has 1 aliphatic heterocycles. The molecule has 0 bridgehead atoms. The first-order valence-corrected chi connectivity index (χ1v) is 13.9. The molecular weight excluding hydrogens is 526 g/mol. The van der Waals surface area contributed by atoms with Crippen LogP contribution >= 0.6 is 11.6 Å². The molecule has 8 nitrogen and oxygen atoms in total. The molecule has 1 aliphatic rings. The minimum absolute atomic E-state index is 0.130. The molecule has 0 aromatic heterocycles. The van der Waals surface area contributed by atoms with Gasteiger partial charge in [0.05, 0.1) is 41.9 Å². The van der Waals surface area contributed by atoms with Crippen molar-refractivity contribution in [1.82, 2.24) is 9.21 Å². The van der Waals surface area contributed by atoms with Gasteiger partial charge in [-0.25, -0.2) is 13.2 Å². The van der Waals surface area contributed by atoms with Gasteiger partial charge < -0.3 is 9.47 Å². The zero-order valence-electron chi connectivity index (χ0n) is 20.9. The predicted molar refractivity (Wildman–Crippen MR) is 143 cm³/mol. The van der Waals surface area contributed by atoms with Gasteiger partial charge >= 0.3 is 5.97 Å². The Bertz CT molecular complexity index is 1400. The van der Waals surface area contributed by atoms with Crippen LogP contribution in [0.2, 0.25) is 5.02 Å². The van der Waals surface area contributed by atoms with Crippen molar-refractivity contribution in [3.63, 3.8) is 0 Å². The Balaban J connectivity index is 1.41. The number of piperazine rings is 1. The van der Waals surface area contributed by atoms with Crippen LogP contribution in [0.5, 0.6) is 0 Å². The van der Waals surface area contributed by atoms with Gasteiger partial charge in [-0.3, -0.25) is 4.90 Å². The first kappa shape index (κ1) is 27.8. The van der Waals surface area contributed by atoms with Crippen LogP contribution in [0.4, 0.5) is 0 Å². The van der Waals surface area contributed by atoms with E-state index in [1.807, 2.05) is 42.5 Å². The molecule has 0 aliphatic carbocycles. The van der Waals surface area contributed by atoms with E-state index >= 15 is 0 Å². The SMILES string of the molecule is COC(=O)c1ccc(CO[C@H](CN2CCN(S(=O)(=O)c3cccc(C#N)c3)CC2)c2ccc(Cl)cc2)cc1. The molecule has 38 heavy (non-hydrogen) atoms. The van der Waals surface area contributed by atoms with Crippen molar-refractivity contribution in [2.24, 2.45) is 0 Å². The predicted octanol–water partition coefficient (Wildman–Crippen LogP) is 4.26. The molecule has 10 heteroatoms. The third-order valence-corrected chi connectivity index (χ3v) is 8.57. The highest BCUT2D eigenvalue weighted by molar-refractivity contribution is 7.89. The van der Waals surface area contributed by atoms with Gasteiger partial charge in [0.25, 0.3) is 0 Å². The van der Waals surface area contributed by atoms with Crippen molar-refractivity contribution in [1.29, 1.82) is 5.26 Å². The highest BCUT2D eigenvalue weighted by Crippen LogP contribution is 2.25. The van der Waals surface area contributed by atoms with Gasteiger partial charge in [0.1, 0.15) is 0 Å². The summed E-state index contributed by atoms with van der Waals surface area (Å²) in [5.41, 5.74) is 2.65. The van der Waals surface area contributed by atoms with Gasteiger partial charge in [-0.05, 0) is 53.6 Å². The zero-order chi connectivity index (χ0) is 27.1. The summed E-state index contributed by atoms with van der Waals surface area (Å²) >= 11 is 6.09. The van der Waals surface area contributed by atoms with Crippen LogP contribution in [0.3, 0.4) is 0 Å². The number of benzene rings is 3. The van der Waals surface area contributed by atoms with Gasteiger partial charge in [0.2, 0.25) is 10.0 Å². The van der Waals surface area contributed by atoms with E-state index in [2.05, 4.69) is 4.90 Å². The van der Waals surface area contributed by atoms with E-state index in [-0.39, 0.29) is 11.0 Å². The number of nitrogens with zero attached hydrogens (tertiary/aromatic N) is 3. The highest BCUT2D eigenvalue weighted by Gasteiger charge is 2.30. The zero-order valence-corrected chi connectivity index (χ0v) is 22.5. The van der Waals surface area contributed by atoms with Crippen molar-refractivity contribution in [3.8, 4) is 6.07 Å². The molecular formula is C28H28ClN3O5S. The Morgan fingerprint density at radius 3 is 2.34 bits per heavy atom. The lowest BCUT2D eigenvalue weighted by molar-refractivity contribution is 0.00771. The van der Waals surface area contributed by atoms with Crippen molar-refractivity contribution < 1.29 is 22.7 Å². The molecule has 0 unspecified atom stereocenters. The number of hydrogen-bond acceptors (Lipinski definition) is 7. The van der Waals surface area contributed by atoms with Crippen LogP contribution in [0, 0.1) is 11.3 Å². The standard InChI is InChI=1S/C28H28ClN3O5S/c1-36-28(33)24-7-5-21(6-8-24)20-37-27(23-9-11-25(29)12-10-23)19-31-13-15-32(16-14-31)38(34,35)26-4-2-3-22(17-26)18-30/h2-12,17,27H,13-16,19-20H2,1H3/t27-/m1/s1. The number of sulfonamides is 1. The lowest BCUT2D eigenvalue weighted by atomic mass is 10.1. The van der Waals surface area contributed by atoms with E-state index in [0.29, 0.717) is 55.5 Å². The van der Waals surface area contributed by atoms with Crippen LogP contribution < -0.4 is 0 Å². The molecule has 0 spiro atoms. The molecule has 1 heterocycles. The maximum atomic E-state index is 13.1. The molecule has 1 atom stereocenters. The molecule has 4 rings (SSSR count). The maximum absolute atomic E-state index is 13.1. The van der Waals surface area contributed by atoms with Gasteiger partial charge in [0, 0.05) is 37.7 Å². The average molecular weight is 554 g/mol. The number of halogens is 1. The molecule has 3 aromatic rings. The van der Waals surface area contributed by atoms with Crippen LogP contribution in [-0.4, -0.2) is 63.4 Å². The summed E-state index contributed by atoms with van der Waals surface area (Å²) in [4.78, 5) is 14.0. The second-order valence-electron chi connectivity index (χ2n) is 8.88. The lowest BCUT2D eigenvalue weighted by Crippen LogP contribution is -2.49. The van der Waals surface area contributed by atoms with E-state index in [1.165, 1.54) is 23.5 Å².